The zero-order chi connectivity index (χ0) is 65.6. The molecule has 0 amide bonds. The molecule has 0 atom stereocenters. The first kappa shape index (κ1) is 58.0. The monoisotopic (exact) mass is 1250 g/mol. The summed E-state index contributed by atoms with van der Waals surface area (Å²) in [4.78, 5) is 20.6. The Labute approximate surface area is 566 Å². The summed E-state index contributed by atoms with van der Waals surface area (Å²) in [6.07, 6.45) is 0. The van der Waals surface area contributed by atoms with E-state index in [0.29, 0.717) is 34.3 Å². The Balaban J connectivity index is 0.930. The molecule has 17 rings (SSSR count). The van der Waals surface area contributed by atoms with Gasteiger partial charge in [0, 0.05) is 49.4 Å². The molecule has 17 aromatic rings. The number of fused-ring (bicyclic) bond motifs is 6. The first-order valence-electron chi connectivity index (χ1n) is 32.4. The summed E-state index contributed by atoms with van der Waals surface area (Å²) in [6.45, 7) is 8.15. The molecule has 0 fully saturated rings. The first-order chi connectivity index (χ1) is 48.4. The van der Waals surface area contributed by atoms with Gasteiger partial charge in [0.05, 0.1) is 63.3 Å². The molecule has 0 spiro atoms. The van der Waals surface area contributed by atoms with Gasteiger partial charge >= 0.3 is 0 Å². The van der Waals surface area contributed by atoms with Gasteiger partial charge in [0.2, 0.25) is 0 Å². The van der Waals surface area contributed by atoms with E-state index in [-0.39, 0.29) is 0 Å². The van der Waals surface area contributed by atoms with Crippen LogP contribution in [0, 0.1) is 29.2 Å². The van der Waals surface area contributed by atoms with Gasteiger partial charge in [-0.1, -0.05) is 237 Å². The van der Waals surface area contributed by atoms with Crippen LogP contribution in [0.15, 0.2) is 328 Å². The van der Waals surface area contributed by atoms with Gasteiger partial charge in [-0.3, -0.25) is 0 Å². The van der Waals surface area contributed by atoms with Crippen molar-refractivity contribution in [2.45, 2.75) is 0 Å². The van der Waals surface area contributed by atoms with Crippen LogP contribution < -0.4 is 0 Å². The number of rotatable bonds is 12. The van der Waals surface area contributed by atoms with Crippen molar-refractivity contribution in [1.29, 1.82) is 10.5 Å². The highest BCUT2D eigenvalue weighted by Crippen LogP contribution is 2.45. The van der Waals surface area contributed by atoms with Gasteiger partial charge in [-0.05, 0) is 158 Å². The van der Waals surface area contributed by atoms with Gasteiger partial charge in [0.25, 0.3) is 0 Å². The van der Waals surface area contributed by atoms with Crippen LogP contribution in [-0.2, 0) is 0 Å². The summed E-state index contributed by atoms with van der Waals surface area (Å²) >= 11 is 0. The van der Waals surface area contributed by atoms with Crippen molar-refractivity contribution in [2.75, 3.05) is 0 Å². The SMILES string of the molecule is [C-]#[N+]c1cccc(-c2ccc(-c3nc(-c4ccc(-c5cccc(C#N)c5)c(-n5c6ccc(-c7ccccc7)cc6c6cc(-c7ccccc7)ccc65)c4)nc(-c4ccccc4-c4cccc(C#N)c4)n3)cc2-n2c3ccc(-c4ccccc4)cc3c3cc(-c4ccccc4)ccc32)c1. The van der Waals surface area contributed by atoms with Gasteiger partial charge in [-0.15, -0.1) is 0 Å². The maximum atomic E-state index is 10.4. The van der Waals surface area contributed by atoms with Crippen LogP contribution in [0.2, 0.25) is 0 Å². The van der Waals surface area contributed by atoms with Crippen LogP contribution in [0.25, 0.3) is 172 Å². The van der Waals surface area contributed by atoms with E-state index in [1.54, 1.807) is 0 Å². The summed E-state index contributed by atoms with van der Waals surface area (Å²) in [5.74, 6) is 1.29. The number of aromatic nitrogens is 5. The highest BCUT2D eigenvalue weighted by atomic mass is 15.0. The lowest BCUT2D eigenvalue weighted by atomic mass is 9.97. The second-order valence-electron chi connectivity index (χ2n) is 24.4. The largest absolute Gasteiger partial charge is 0.309 e. The van der Waals surface area contributed by atoms with Gasteiger partial charge in [-0.2, -0.15) is 10.5 Å². The normalized spacial score (nSPS) is 11.2. The molecule has 98 heavy (non-hydrogen) atoms. The molecule has 0 aliphatic rings. The van der Waals surface area contributed by atoms with Crippen LogP contribution in [0.5, 0.6) is 0 Å². The number of hydrogen-bond donors (Lipinski definition) is 0. The summed E-state index contributed by atoms with van der Waals surface area (Å²) in [6, 6.07) is 118. The zero-order valence-corrected chi connectivity index (χ0v) is 52.8. The van der Waals surface area contributed by atoms with E-state index >= 15 is 0 Å². The molecular formula is C90H54N8. The van der Waals surface area contributed by atoms with Crippen LogP contribution >= 0.6 is 0 Å². The van der Waals surface area contributed by atoms with Gasteiger partial charge in [-0.25, -0.2) is 19.8 Å². The van der Waals surface area contributed by atoms with E-state index in [1.165, 1.54) is 0 Å². The predicted octanol–water partition coefficient (Wildman–Crippen LogP) is 23.0. The third-order valence-corrected chi connectivity index (χ3v) is 18.6. The van der Waals surface area contributed by atoms with Crippen molar-refractivity contribution < 1.29 is 0 Å². The molecule has 454 valence electrons. The summed E-state index contributed by atoms with van der Waals surface area (Å²) in [5.41, 5.74) is 23.7. The average molecular weight is 1250 g/mol. The molecule has 0 saturated carbocycles. The Bertz CT molecular complexity index is 5630. The first-order valence-corrected chi connectivity index (χ1v) is 32.4. The molecule has 0 aliphatic heterocycles. The summed E-state index contributed by atoms with van der Waals surface area (Å²) in [7, 11) is 0. The van der Waals surface area contributed by atoms with Crippen molar-refractivity contribution >= 4 is 49.3 Å². The smallest absolute Gasteiger partial charge is 0.187 e. The summed E-state index contributed by atoms with van der Waals surface area (Å²) < 4.78 is 4.69. The lowest BCUT2D eigenvalue weighted by molar-refractivity contribution is 1.07. The van der Waals surface area contributed by atoms with Crippen LogP contribution in [-0.4, -0.2) is 24.1 Å². The molecule has 0 saturated heterocycles. The number of benzene rings is 14. The second-order valence-corrected chi connectivity index (χ2v) is 24.4. The van der Waals surface area contributed by atoms with Crippen LogP contribution in [0.4, 0.5) is 5.69 Å². The number of nitrogens with zero attached hydrogens (tertiary/aromatic N) is 8. The third-order valence-electron chi connectivity index (χ3n) is 18.6. The quantitative estimate of drug-likeness (QED) is 0.113. The molecule has 0 N–H and O–H groups in total. The fourth-order valence-electron chi connectivity index (χ4n) is 13.9. The lowest BCUT2D eigenvalue weighted by Gasteiger charge is -2.18. The van der Waals surface area contributed by atoms with E-state index in [9.17, 15) is 10.5 Å². The maximum Gasteiger partial charge on any atom is 0.187 e. The van der Waals surface area contributed by atoms with Gasteiger partial charge in [0.15, 0.2) is 23.2 Å². The second kappa shape index (κ2) is 24.6. The van der Waals surface area contributed by atoms with E-state index in [2.05, 4.69) is 245 Å². The minimum Gasteiger partial charge on any atom is -0.309 e. The Hall–Kier alpha value is -13.8. The minimum atomic E-state index is 0.428. The highest BCUT2D eigenvalue weighted by molar-refractivity contribution is 6.14. The molecule has 0 bridgehead atoms. The maximum absolute atomic E-state index is 10.4. The average Bonchev–Trinajstić information content (AvgIpc) is 1.57. The third kappa shape index (κ3) is 10.5. The van der Waals surface area contributed by atoms with Crippen molar-refractivity contribution in [2.24, 2.45) is 0 Å². The van der Waals surface area contributed by atoms with Crippen LogP contribution in [0.3, 0.4) is 0 Å². The Morgan fingerprint density at radius 2 is 0.582 bits per heavy atom. The summed E-state index contributed by atoms with van der Waals surface area (Å²) in [5, 5.41) is 24.9. The topological polar surface area (TPSA) is 100 Å². The molecule has 3 aromatic heterocycles. The Kier molecular flexibility index (Phi) is 14.5. The molecule has 14 aromatic carbocycles. The van der Waals surface area contributed by atoms with Crippen molar-refractivity contribution in [3.63, 3.8) is 0 Å². The molecule has 0 radical (unpaired) electrons. The molecule has 0 unspecified atom stereocenters. The van der Waals surface area contributed by atoms with E-state index in [4.69, 9.17) is 21.5 Å². The molecule has 0 aliphatic carbocycles. The van der Waals surface area contributed by atoms with Crippen molar-refractivity contribution in [3.8, 4) is 136 Å². The Morgan fingerprint density at radius 1 is 0.255 bits per heavy atom. The highest BCUT2D eigenvalue weighted by Gasteiger charge is 2.24. The van der Waals surface area contributed by atoms with Crippen molar-refractivity contribution in [1.82, 2.24) is 24.1 Å². The molecular weight excluding hydrogens is 1190 g/mol. The Morgan fingerprint density at radius 3 is 0.969 bits per heavy atom. The molecule has 3 heterocycles. The van der Waals surface area contributed by atoms with Gasteiger partial charge < -0.3 is 9.13 Å². The van der Waals surface area contributed by atoms with Crippen molar-refractivity contribution in [3.05, 3.63) is 350 Å². The number of hydrogen-bond acceptors (Lipinski definition) is 5. The van der Waals surface area contributed by atoms with Crippen LogP contribution in [0.1, 0.15) is 11.1 Å². The lowest BCUT2D eigenvalue weighted by Crippen LogP contribution is -2.04. The molecule has 8 nitrogen and oxygen atoms in total. The molecule has 8 heteroatoms. The zero-order valence-electron chi connectivity index (χ0n) is 52.8. The standard InChI is InChI=1S/C90H54N8/c1-93-73-32-18-31-70(49-73)76-42-36-72(55-87(76)98-84-45-39-66(62-25-10-4-11-26-62)52-80(84)81-53-67(40-46-85(81)98)63-27-12-5-13-28-63)89-94-88(95-90(96-89)77-34-15-14-33-74(77)68-29-16-19-58(47-68)56-91)71-35-41-75(69-30-17-20-59(48-69)57-92)86(54-71)97-82-43-37-64(60-21-6-2-7-22-60)50-78(82)79-51-65(38-44-83(79)97)61-23-8-3-9-24-61/h2-55H. The van der Waals surface area contributed by atoms with E-state index < -0.39 is 0 Å². The predicted molar refractivity (Wildman–Crippen MR) is 399 cm³/mol. The van der Waals surface area contributed by atoms with E-state index in [1.807, 2.05) is 109 Å². The minimum absolute atomic E-state index is 0.428. The van der Waals surface area contributed by atoms with E-state index in [0.717, 1.165) is 150 Å². The van der Waals surface area contributed by atoms with Gasteiger partial charge in [0.1, 0.15) is 0 Å². The fourth-order valence-corrected chi connectivity index (χ4v) is 13.9. The number of nitriles is 2. The fraction of sp³-hybridized carbons (Fsp3) is 0.